The van der Waals surface area contributed by atoms with Crippen LogP contribution < -0.4 is 14.4 Å². The van der Waals surface area contributed by atoms with E-state index in [2.05, 4.69) is 4.98 Å². The number of aromatic nitrogens is 1. The van der Waals surface area contributed by atoms with Crippen LogP contribution in [0.5, 0.6) is 11.5 Å². The molecule has 1 aromatic heterocycles. The Hall–Kier alpha value is -3.54. The second-order valence-electron chi connectivity index (χ2n) is 7.63. The zero-order valence-electron chi connectivity index (χ0n) is 17.5. The van der Waals surface area contributed by atoms with E-state index in [0.29, 0.717) is 23.7 Å². The van der Waals surface area contributed by atoms with Crippen LogP contribution in [0.4, 0.5) is 11.4 Å². The van der Waals surface area contributed by atoms with Gasteiger partial charge in [-0.05, 0) is 61.6 Å². The molecule has 0 bridgehead atoms. The number of carbonyl (C=O) groups is 1. The van der Waals surface area contributed by atoms with Crippen molar-refractivity contribution in [2.45, 2.75) is 38.3 Å². The Morgan fingerprint density at radius 2 is 1.90 bits per heavy atom. The Kier molecular flexibility index (Phi) is 6.36. The first-order chi connectivity index (χ1) is 15.2. The van der Waals surface area contributed by atoms with Crippen LogP contribution in [0.25, 0.3) is 0 Å². The summed E-state index contributed by atoms with van der Waals surface area (Å²) in [5.41, 5.74) is 2.64. The van der Waals surface area contributed by atoms with Crippen molar-refractivity contribution in [3.63, 3.8) is 0 Å². The first-order valence-corrected chi connectivity index (χ1v) is 10.5. The van der Waals surface area contributed by atoms with E-state index in [4.69, 9.17) is 9.47 Å². The SMILES string of the molecule is COc1ccc(N(Cc2cccnc2)c2ccccc2C(=O)O)cc1OC1CCCC1. The van der Waals surface area contributed by atoms with Gasteiger partial charge in [0.05, 0.1) is 24.5 Å². The predicted octanol–water partition coefficient (Wildman–Crippen LogP) is 5.45. The summed E-state index contributed by atoms with van der Waals surface area (Å²) in [4.78, 5) is 18.1. The van der Waals surface area contributed by atoms with Gasteiger partial charge in [-0.3, -0.25) is 4.98 Å². The van der Waals surface area contributed by atoms with Crippen LogP contribution in [0.15, 0.2) is 67.0 Å². The minimum absolute atomic E-state index is 0.183. The van der Waals surface area contributed by atoms with Crippen LogP contribution in [0.1, 0.15) is 41.6 Å². The van der Waals surface area contributed by atoms with Gasteiger partial charge in [0.15, 0.2) is 11.5 Å². The highest BCUT2D eigenvalue weighted by Crippen LogP contribution is 2.38. The molecule has 1 saturated carbocycles. The van der Waals surface area contributed by atoms with E-state index in [-0.39, 0.29) is 11.7 Å². The highest BCUT2D eigenvalue weighted by atomic mass is 16.5. The molecule has 1 aliphatic carbocycles. The maximum absolute atomic E-state index is 11.9. The number of carboxylic acid groups (broad SMARTS) is 1. The number of benzene rings is 2. The maximum atomic E-state index is 11.9. The topological polar surface area (TPSA) is 71.9 Å². The summed E-state index contributed by atoms with van der Waals surface area (Å²) in [6.45, 7) is 0.466. The zero-order chi connectivity index (χ0) is 21.6. The van der Waals surface area contributed by atoms with Crippen molar-refractivity contribution < 1.29 is 19.4 Å². The largest absolute Gasteiger partial charge is 0.493 e. The van der Waals surface area contributed by atoms with Crippen molar-refractivity contribution in [2.24, 2.45) is 0 Å². The fourth-order valence-electron chi connectivity index (χ4n) is 3.99. The molecule has 6 nitrogen and oxygen atoms in total. The van der Waals surface area contributed by atoms with E-state index in [1.807, 2.05) is 47.4 Å². The summed E-state index contributed by atoms with van der Waals surface area (Å²) >= 11 is 0. The molecular weight excluding hydrogens is 392 g/mol. The summed E-state index contributed by atoms with van der Waals surface area (Å²) in [6, 6.07) is 16.6. The number of pyridine rings is 1. The summed E-state index contributed by atoms with van der Waals surface area (Å²) in [6.07, 6.45) is 8.11. The average Bonchev–Trinajstić information content (AvgIpc) is 3.31. The monoisotopic (exact) mass is 418 g/mol. The molecule has 0 aliphatic heterocycles. The quantitative estimate of drug-likeness (QED) is 0.525. The van der Waals surface area contributed by atoms with Gasteiger partial charge < -0.3 is 19.5 Å². The van der Waals surface area contributed by atoms with Crippen molar-refractivity contribution in [2.75, 3.05) is 12.0 Å². The van der Waals surface area contributed by atoms with E-state index in [0.717, 1.165) is 24.1 Å². The van der Waals surface area contributed by atoms with Crippen LogP contribution in [0, 0.1) is 0 Å². The maximum Gasteiger partial charge on any atom is 0.337 e. The standard InChI is InChI=1S/C25H26N2O4/c1-30-23-13-12-19(15-24(23)31-20-8-2-3-9-20)27(17-18-7-6-14-26-16-18)22-11-5-4-10-21(22)25(28)29/h4-7,10-16,20H,2-3,8-9,17H2,1H3,(H,28,29). The van der Waals surface area contributed by atoms with Crippen molar-refractivity contribution >= 4 is 17.3 Å². The van der Waals surface area contributed by atoms with E-state index < -0.39 is 5.97 Å². The Bertz CT molecular complexity index is 1030. The average molecular weight is 418 g/mol. The van der Waals surface area contributed by atoms with Gasteiger partial charge >= 0.3 is 5.97 Å². The highest BCUT2D eigenvalue weighted by Gasteiger charge is 2.22. The van der Waals surface area contributed by atoms with Gasteiger partial charge in [0.25, 0.3) is 0 Å². The van der Waals surface area contributed by atoms with Gasteiger partial charge in [-0.15, -0.1) is 0 Å². The fraction of sp³-hybridized carbons (Fsp3) is 0.280. The van der Waals surface area contributed by atoms with Crippen molar-refractivity contribution in [1.29, 1.82) is 0 Å². The number of hydrogen-bond acceptors (Lipinski definition) is 5. The lowest BCUT2D eigenvalue weighted by molar-refractivity contribution is 0.0697. The summed E-state index contributed by atoms with van der Waals surface area (Å²) < 4.78 is 11.8. The molecule has 1 aliphatic rings. The van der Waals surface area contributed by atoms with Gasteiger partial charge in [-0.25, -0.2) is 4.79 Å². The molecule has 0 saturated heterocycles. The molecule has 1 fully saturated rings. The molecule has 0 atom stereocenters. The van der Waals surface area contributed by atoms with E-state index in [1.165, 1.54) is 12.8 Å². The highest BCUT2D eigenvalue weighted by molar-refractivity contribution is 5.95. The molecule has 160 valence electrons. The third kappa shape index (κ3) is 4.79. The number of nitrogens with zero attached hydrogens (tertiary/aromatic N) is 2. The number of anilines is 2. The van der Waals surface area contributed by atoms with Crippen LogP contribution in [0.2, 0.25) is 0 Å². The second kappa shape index (κ2) is 9.51. The number of hydrogen-bond donors (Lipinski definition) is 1. The van der Waals surface area contributed by atoms with Gasteiger partial charge in [0, 0.05) is 30.7 Å². The third-order valence-corrected chi connectivity index (χ3v) is 5.54. The van der Waals surface area contributed by atoms with Gasteiger partial charge in [0.2, 0.25) is 0 Å². The Morgan fingerprint density at radius 1 is 1.10 bits per heavy atom. The number of aromatic carboxylic acids is 1. The Balaban J connectivity index is 1.77. The van der Waals surface area contributed by atoms with Crippen molar-refractivity contribution in [1.82, 2.24) is 4.98 Å². The summed E-state index contributed by atoms with van der Waals surface area (Å²) in [7, 11) is 1.63. The van der Waals surface area contributed by atoms with Gasteiger partial charge in [-0.1, -0.05) is 18.2 Å². The molecular formula is C25H26N2O4. The normalized spacial score (nSPS) is 13.7. The number of ether oxygens (including phenoxy) is 2. The molecule has 0 amide bonds. The number of para-hydroxylation sites is 1. The Labute approximate surface area is 182 Å². The van der Waals surface area contributed by atoms with Crippen molar-refractivity contribution in [3.8, 4) is 11.5 Å². The molecule has 31 heavy (non-hydrogen) atoms. The van der Waals surface area contributed by atoms with Crippen LogP contribution in [0.3, 0.4) is 0 Å². The molecule has 1 N–H and O–H groups in total. The third-order valence-electron chi connectivity index (χ3n) is 5.54. The first-order valence-electron chi connectivity index (χ1n) is 10.5. The molecule has 3 aromatic rings. The van der Waals surface area contributed by atoms with Crippen LogP contribution in [-0.2, 0) is 6.54 Å². The minimum Gasteiger partial charge on any atom is -0.493 e. The number of carboxylic acids is 1. The lowest BCUT2D eigenvalue weighted by Crippen LogP contribution is -2.20. The van der Waals surface area contributed by atoms with Gasteiger partial charge in [-0.2, -0.15) is 0 Å². The molecule has 0 unspecified atom stereocenters. The van der Waals surface area contributed by atoms with Gasteiger partial charge in [0.1, 0.15) is 0 Å². The van der Waals surface area contributed by atoms with E-state index in [9.17, 15) is 9.90 Å². The summed E-state index contributed by atoms with van der Waals surface area (Å²) in [5.74, 6) is 0.377. The molecule has 0 radical (unpaired) electrons. The van der Waals surface area contributed by atoms with Crippen molar-refractivity contribution in [3.05, 3.63) is 78.1 Å². The molecule has 6 heteroatoms. The molecule has 1 heterocycles. The summed E-state index contributed by atoms with van der Waals surface area (Å²) in [5, 5.41) is 9.77. The predicted molar refractivity (Wildman–Crippen MR) is 119 cm³/mol. The first kappa shape index (κ1) is 20.7. The molecule has 4 rings (SSSR count). The smallest absolute Gasteiger partial charge is 0.337 e. The minimum atomic E-state index is -0.970. The van der Waals surface area contributed by atoms with Crippen LogP contribution >= 0.6 is 0 Å². The van der Waals surface area contributed by atoms with Crippen LogP contribution in [-0.4, -0.2) is 29.3 Å². The zero-order valence-corrected chi connectivity index (χ0v) is 17.5. The second-order valence-corrected chi connectivity index (χ2v) is 7.63. The number of methoxy groups -OCH3 is 1. The lowest BCUT2D eigenvalue weighted by atomic mass is 10.1. The Morgan fingerprint density at radius 3 is 2.61 bits per heavy atom. The van der Waals surface area contributed by atoms with E-state index in [1.54, 1.807) is 31.6 Å². The van der Waals surface area contributed by atoms with E-state index >= 15 is 0 Å². The molecule has 2 aromatic carbocycles. The number of rotatable bonds is 8. The molecule has 0 spiro atoms. The lowest BCUT2D eigenvalue weighted by Gasteiger charge is -2.27. The fourth-order valence-corrected chi connectivity index (χ4v) is 3.99.